The van der Waals surface area contributed by atoms with Crippen LogP contribution >= 0.6 is 7.60 Å². The highest BCUT2D eigenvalue weighted by atomic mass is 31.2. The van der Waals surface area contributed by atoms with Crippen LogP contribution in [0.3, 0.4) is 0 Å². The summed E-state index contributed by atoms with van der Waals surface area (Å²) in [5, 5.41) is 0. The maximum atomic E-state index is 12.9. The first kappa shape index (κ1) is 24.9. The Bertz CT molecular complexity index is 914. The number of hydrogen-bond acceptors (Lipinski definition) is 10. The number of rotatable bonds is 11. The monoisotopic (exact) mass is 469 g/mol. The van der Waals surface area contributed by atoms with Crippen LogP contribution in [0.5, 0.6) is 0 Å². The van der Waals surface area contributed by atoms with Crippen molar-refractivity contribution in [3.8, 4) is 0 Å². The molecule has 3 rings (SSSR count). The van der Waals surface area contributed by atoms with Gasteiger partial charge in [-0.3, -0.25) is 4.57 Å². The molecule has 180 valence electrons. The van der Waals surface area contributed by atoms with Crippen molar-refractivity contribution >= 4 is 30.5 Å². The average Bonchev–Trinajstić information content (AvgIpc) is 3.12. The van der Waals surface area contributed by atoms with Crippen LogP contribution in [-0.2, 0) is 24.9 Å². The predicted octanol–water partition coefficient (Wildman–Crippen LogP) is 2.57. The van der Waals surface area contributed by atoms with Gasteiger partial charge in [-0.15, -0.1) is 0 Å². The second-order valence-corrected chi connectivity index (χ2v) is 10.3. The Balaban J connectivity index is 1.69. The Morgan fingerprint density at radius 2 is 1.75 bits per heavy atom. The third kappa shape index (κ3) is 6.39. The maximum Gasteiger partial charge on any atom is 0.356 e. The molecule has 12 heteroatoms. The van der Waals surface area contributed by atoms with Crippen LogP contribution in [0.1, 0.15) is 34.6 Å². The highest BCUT2D eigenvalue weighted by Crippen LogP contribution is 2.50. The molecule has 1 fully saturated rings. The lowest BCUT2D eigenvalue weighted by Crippen LogP contribution is -2.46. The van der Waals surface area contributed by atoms with Gasteiger partial charge in [-0.25, -0.2) is 4.98 Å². The molecule has 0 spiro atoms. The Kier molecular flexibility index (Phi) is 8.46. The van der Waals surface area contributed by atoms with Crippen LogP contribution in [0.4, 0.5) is 11.8 Å². The zero-order valence-corrected chi connectivity index (χ0v) is 20.6. The van der Waals surface area contributed by atoms with Crippen molar-refractivity contribution in [2.24, 2.45) is 0 Å². The fourth-order valence-electron chi connectivity index (χ4n) is 3.71. The molecule has 0 radical (unpaired) electrons. The van der Waals surface area contributed by atoms with E-state index in [1.807, 2.05) is 32.3 Å². The summed E-state index contributed by atoms with van der Waals surface area (Å²) < 4.78 is 31.6. The van der Waals surface area contributed by atoms with Crippen LogP contribution < -0.4 is 10.6 Å². The van der Waals surface area contributed by atoms with Crippen LogP contribution in [0, 0.1) is 0 Å². The molecule has 32 heavy (non-hydrogen) atoms. The molecular weight excluding hydrogens is 433 g/mol. The zero-order valence-electron chi connectivity index (χ0n) is 19.7. The first-order chi connectivity index (χ1) is 15.2. The number of piperazine rings is 1. The first-order valence-electron chi connectivity index (χ1n) is 11.2. The highest BCUT2D eigenvalue weighted by Gasteiger charge is 2.28. The van der Waals surface area contributed by atoms with Crippen molar-refractivity contribution in [2.75, 3.05) is 56.3 Å². The number of fused-ring (bicyclic) bond motifs is 1. The summed E-state index contributed by atoms with van der Waals surface area (Å²) in [5.41, 5.74) is 7.34. The molecule has 0 unspecified atom stereocenters. The van der Waals surface area contributed by atoms with Crippen molar-refractivity contribution in [1.82, 2.24) is 24.4 Å². The fourth-order valence-corrected chi connectivity index (χ4v) is 5.52. The highest BCUT2D eigenvalue weighted by molar-refractivity contribution is 7.53. The molecule has 0 aromatic carbocycles. The Hall–Kier alpha value is -1.78. The van der Waals surface area contributed by atoms with Crippen molar-refractivity contribution in [2.45, 2.75) is 53.4 Å². The summed E-state index contributed by atoms with van der Waals surface area (Å²) in [4.78, 5) is 17.9. The van der Waals surface area contributed by atoms with E-state index in [1.165, 1.54) is 0 Å². The molecule has 2 aromatic rings. The minimum atomic E-state index is -3.33. The number of hydrogen-bond donors (Lipinski definition) is 1. The summed E-state index contributed by atoms with van der Waals surface area (Å²) in [6.07, 6.45) is 1.16. The normalized spacial score (nSPS) is 16.0. The van der Waals surface area contributed by atoms with Crippen LogP contribution in [0.2, 0.25) is 0 Å². The van der Waals surface area contributed by atoms with Crippen LogP contribution in [0.25, 0.3) is 11.2 Å². The smallest absolute Gasteiger partial charge is 0.356 e. The van der Waals surface area contributed by atoms with Gasteiger partial charge in [0.05, 0.1) is 25.1 Å². The molecule has 1 aliphatic rings. The van der Waals surface area contributed by atoms with E-state index < -0.39 is 7.60 Å². The van der Waals surface area contributed by atoms with Crippen LogP contribution in [0.15, 0.2) is 6.33 Å². The summed E-state index contributed by atoms with van der Waals surface area (Å²) in [6, 6.07) is 0. The summed E-state index contributed by atoms with van der Waals surface area (Å²) in [6.45, 7) is 15.0. The number of ether oxygens (including phenoxy) is 1. The van der Waals surface area contributed by atoms with E-state index in [-0.39, 0.29) is 24.5 Å². The van der Waals surface area contributed by atoms with E-state index in [0.717, 1.165) is 44.1 Å². The minimum Gasteiger partial charge on any atom is -0.368 e. The predicted molar refractivity (Wildman–Crippen MR) is 125 cm³/mol. The lowest BCUT2D eigenvalue weighted by atomic mass is 10.3. The molecule has 2 N–H and O–H groups in total. The molecule has 0 aliphatic carbocycles. The van der Waals surface area contributed by atoms with E-state index in [4.69, 9.17) is 19.5 Å². The molecule has 1 aliphatic heterocycles. The summed E-state index contributed by atoms with van der Waals surface area (Å²) >= 11 is 0. The molecule has 2 aromatic heterocycles. The van der Waals surface area contributed by atoms with Gasteiger partial charge in [0.1, 0.15) is 11.9 Å². The van der Waals surface area contributed by atoms with Crippen molar-refractivity contribution < 1.29 is 18.3 Å². The lowest BCUT2D eigenvalue weighted by Gasteiger charge is -2.35. The fraction of sp³-hybridized carbons (Fsp3) is 0.750. The first-order valence-corrected chi connectivity index (χ1v) is 12.9. The van der Waals surface area contributed by atoms with Crippen molar-refractivity contribution in [3.05, 3.63) is 6.33 Å². The van der Waals surface area contributed by atoms with Gasteiger partial charge in [-0.2, -0.15) is 9.97 Å². The van der Waals surface area contributed by atoms with Gasteiger partial charge in [-0.1, -0.05) is 6.92 Å². The number of imidazole rings is 1. The van der Waals surface area contributed by atoms with E-state index >= 15 is 0 Å². The maximum absolute atomic E-state index is 12.9. The Morgan fingerprint density at radius 1 is 1.09 bits per heavy atom. The average molecular weight is 470 g/mol. The van der Waals surface area contributed by atoms with Gasteiger partial charge < -0.3 is 33.9 Å². The zero-order chi connectivity index (χ0) is 23.3. The minimum absolute atomic E-state index is 0.106. The van der Waals surface area contributed by atoms with E-state index in [9.17, 15) is 4.57 Å². The van der Waals surface area contributed by atoms with Gasteiger partial charge >= 0.3 is 7.60 Å². The van der Waals surface area contributed by atoms with Gasteiger partial charge in [0.25, 0.3) is 0 Å². The Labute approximate surface area is 189 Å². The topological polar surface area (TPSA) is 121 Å². The third-order valence-electron chi connectivity index (χ3n) is 5.06. The molecule has 3 heterocycles. The molecular formula is C20H36N7O4P. The van der Waals surface area contributed by atoms with Crippen molar-refractivity contribution in [1.29, 1.82) is 0 Å². The SMILES string of the molecule is CCN1CCN(c2nc(N)nc3ncn(CCOCP(=O)(OC(C)C)OC(C)C)c23)CC1. The number of nitrogens with zero attached hydrogens (tertiary/aromatic N) is 6. The van der Waals surface area contributed by atoms with E-state index in [0.29, 0.717) is 18.8 Å². The second-order valence-electron chi connectivity index (χ2n) is 8.39. The second kappa shape index (κ2) is 10.9. The molecule has 0 atom stereocenters. The van der Waals surface area contributed by atoms with E-state index in [2.05, 4.69) is 31.7 Å². The molecule has 0 amide bonds. The van der Waals surface area contributed by atoms with Crippen LogP contribution in [-0.4, -0.2) is 82.3 Å². The summed E-state index contributed by atoms with van der Waals surface area (Å²) in [5.74, 6) is 1.00. The van der Waals surface area contributed by atoms with Crippen molar-refractivity contribution in [3.63, 3.8) is 0 Å². The largest absolute Gasteiger partial charge is 0.368 e. The number of aromatic nitrogens is 4. The van der Waals surface area contributed by atoms with Gasteiger partial charge in [-0.05, 0) is 34.2 Å². The Morgan fingerprint density at radius 3 is 2.34 bits per heavy atom. The molecule has 0 bridgehead atoms. The van der Waals surface area contributed by atoms with Gasteiger partial charge in [0, 0.05) is 32.7 Å². The standard InChI is InChI=1S/C20H36N7O4P/c1-6-25-7-9-26(10-8-25)19-17-18(23-20(21)24-19)22-13-27(17)11-12-29-14-32(28,30-15(2)3)31-16(4)5/h13,15-16H,6-12,14H2,1-5H3,(H2,21,23,24). The number of anilines is 2. The summed E-state index contributed by atoms with van der Waals surface area (Å²) in [7, 11) is -3.33. The van der Waals surface area contributed by atoms with Gasteiger partial charge in [0.2, 0.25) is 5.95 Å². The van der Waals surface area contributed by atoms with E-state index in [1.54, 1.807) is 6.33 Å². The number of likely N-dealkylation sites (N-methyl/N-ethyl adjacent to an activating group) is 1. The molecule has 1 saturated heterocycles. The number of nitrogens with two attached hydrogens (primary N) is 1. The molecule has 0 saturated carbocycles. The lowest BCUT2D eigenvalue weighted by molar-refractivity contribution is 0.0961. The third-order valence-corrected chi connectivity index (χ3v) is 7.04. The molecule has 11 nitrogen and oxygen atoms in total. The quantitative estimate of drug-likeness (QED) is 0.388. The van der Waals surface area contributed by atoms with Gasteiger partial charge in [0.15, 0.2) is 11.5 Å². The number of nitrogen functional groups attached to an aromatic ring is 1.